The number of likely N-dealkylation sites (N-methyl/N-ethyl adjacent to an activating group) is 1. The summed E-state index contributed by atoms with van der Waals surface area (Å²) in [6, 6.07) is 9.21. The third kappa shape index (κ3) is 5.30. The van der Waals surface area contributed by atoms with Crippen LogP contribution < -0.4 is 9.64 Å². The second-order valence-electron chi connectivity index (χ2n) is 12.1. The summed E-state index contributed by atoms with van der Waals surface area (Å²) in [6.45, 7) is 7.02. The number of fused-ring (bicyclic) bond motifs is 3. The molecule has 2 aliphatic heterocycles. The van der Waals surface area contributed by atoms with Crippen molar-refractivity contribution in [2.45, 2.75) is 75.3 Å². The lowest BCUT2D eigenvalue weighted by atomic mass is 9.62. The molecule has 6 rings (SSSR count). The van der Waals surface area contributed by atoms with Crippen LogP contribution in [0.5, 0.6) is 6.01 Å². The molecule has 0 bridgehead atoms. The Bertz CT molecular complexity index is 1370. The minimum absolute atomic E-state index is 0.0124. The van der Waals surface area contributed by atoms with Gasteiger partial charge in [0.2, 0.25) is 5.91 Å². The molecule has 2 aliphatic carbocycles. The average molecular weight is 575 g/mol. The van der Waals surface area contributed by atoms with Crippen LogP contribution in [-0.4, -0.2) is 77.6 Å². The summed E-state index contributed by atoms with van der Waals surface area (Å²) in [5, 5.41) is 10.4. The van der Waals surface area contributed by atoms with E-state index < -0.39 is 0 Å². The van der Waals surface area contributed by atoms with E-state index in [1.807, 2.05) is 6.07 Å². The number of anilines is 1. The van der Waals surface area contributed by atoms with Crippen LogP contribution in [0.3, 0.4) is 0 Å². The normalized spacial score (nSPS) is 25.9. The molecular weight excluding hydrogens is 536 g/mol. The molecule has 9 heteroatoms. The standard InChI is InChI=1S/C32H39ClN6O2/c1-3-29(40)39-18-17-38(20-22(39)12-15-34)30-25-11-14-32(13-5-8-24-26(32)9-4-10-27(24)33)19-28(25)35-31(36-30)41-21-23-7-6-16-37(23)2/h3-4,9-10,22-23H,1,5-8,11-14,16-21H2,2H3/t22-,23-,32?/m0/s1. The number of carbonyl (C=O) groups is 1. The summed E-state index contributed by atoms with van der Waals surface area (Å²) in [6.07, 6.45) is 9.89. The maximum absolute atomic E-state index is 12.5. The SMILES string of the molecule is C=CC(=O)N1CCN(c2nc(OC[C@@H]3CCCN3C)nc3c2CCC2(CCCc4c(Cl)cccc42)C3)C[C@@H]1CC#N. The number of carbonyl (C=O) groups excluding carboxylic acids is 1. The molecule has 0 saturated carbocycles. The third-order valence-electron chi connectivity index (χ3n) is 9.83. The molecule has 1 aromatic carbocycles. The van der Waals surface area contributed by atoms with Gasteiger partial charge in [-0.2, -0.15) is 15.2 Å². The van der Waals surface area contributed by atoms with Crippen LogP contribution in [0.4, 0.5) is 5.82 Å². The van der Waals surface area contributed by atoms with E-state index in [1.54, 1.807) is 4.90 Å². The molecule has 8 nitrogen and oxygen atoms in total. The van der Waals surface area contributed by atoms with Crippen LogP contribution in [0.25, 0.3) is 0 Å². The van der Waals surface area contributed by atoms with Crippen molar-refractivity contribution in [3.8, 4) is 12.1 Å². The van der Waals surface area contributed by atoms with Gasteiger partial charge >= 0.3 is 6.01 Å². The predicted octanol–water partition coefficient (Wildman–Crippen LogP) is 4.48. The first-order chi connectivity index (χ1) is 19.9. The summed E-state index contributed by atoms with van der Waals surface area (Å²) >= 11 is 6.68. The number of benzene rings is 1. The molecule has 4 aliphatic rings. The summed E-state index contributed by atoms with van der Waals surface area (Å²) in [4.78, 5) is 29.0. The second kappa shape index (κ2) is 11.6. The maximum Gasteiger partial charge on any atom is 0.318 e. The molecule has 3 heterocycles. The minimum atomic E-state index is -0.219. The Balaban J connectivity index is 1.35. The van der Waals surface area contributed by atoms with Crippen LogP contribution in [0.15, 0.2) is 30.9 Å². The Morgan fingerprint density at radius 3 is 2.85 bits per heavy atom. The predicted molar refractivity (Wildman–Crippen MR) is 159 cm³/mol. The van der Waals surface area contributed by atoms with Gasteiger partial charge in [-0.05, 0) is 88.2 Å². The number of likely N-dealkylation sites (tertiary alicyclic amines) is 1. The third-order valence-corrected chi connectivity index (χ3v) is 10.2. The summed E-state index contributed by atoms with van der Waals surface area (Å²) in [7, 11) is 2.15. The topological polar surface area (TPSA) is 85.6 Å². The number of hydrogen-bond donors (Lipinski definition) is 0. The number of ether oxygens (including phenoxy) is 1. The van der Waals surface area contributed by atoms with Crippen molar-refractivity contribution in [3.05, 3.63) is 58.3 Å². The Kier molecular flexibility index (Phi) is 7.93. The van der Waals surface area contributed by atoms with Crippen molar-refractivity contribution in [3.63, 3.8) is 0 Å². The van der Waals surface area contributed by atoms with E-state index in [4.69, 9.17) is 26.3 Å². The van der Waals surface area contributed by atoms with E-state index in [0.29, 0.717) is 38.3 Å². The van der Waals surface area contributed by atoms with Gasteiger partial charge in [0.15, 0.2) is 0 Å². The van der Waals surface area contributed by atoms with Crippen molar-refractivity contribution in [1.82, 2.24) is 19.8 Å². The highest BCUT2D eigenvalue weighted by Crippen LogP contribution is 2.49. The number of hydrogen-bond acceptors (Lipinski definition) is 7. The van der Waals surface area contributed by atoms with Crippen molar-refractivity contribution in [2.24, 2.45) is 0 Å². The summed E-state index contributed by atoms with van der Waals surface area (Å²) < 4.78 is 6.33. The van der Waals surface area contributed by atoms with E-state index in [9.17, 15) is 10.1 Å². The van der Waals surface area contributed by atoms with Crippen molar-refractivity contribution in [1.29, 1.82) is 5.26 Å². The van der Waals surface area contributed by atoms with Gasteiger partial charge in [-0.15, -0.1) is 0 Å². The zero-order chi connectivity index (χ0) is 28.6. The highest BCUT2D eigenvalue weighted by Gasteiger charge is 2.42. The Labute approximate surface area is 247 Å². The summed E-state index contributed by atoms with van der Waals surface area (Å²) in [5.74, 6) is 0.770. The molecule has 1 unspecified atom stereocenters. The fraction of sp³-hybridized carbons (Fsp3) is 0.562. The number of nitrogens with zero attached hydrogens (tertiary/aromatic N) is 6. The van der Waals surface area contributed by atoms with Gasteiger partial charge in [0, 0.05) is 41.7 Å². The van der Waals surface area contributed by atoms with Crippen molar-refractivity contribution >= 4 is 23.3 Å². The molecule has 3 atom stereocenters. The van der Waals surface area contributed by atoms with Crippen LogP contribution in [0, 0.1) is 11.3 Å². The Hall–Kier alpha value is -3.15. The number of halogens is 1. The first-order valence-corrected chi connectivity index (χ1v) is 15.4. The van der Waals surface area contributed by atoms with E-state index in [-0.39, 0.29) is 23.8 Å². The van der Waals surface area contributed by atoms with Gasteiger partial charge in [0.25, 0.3) is 0 Å². The van der Waals surface area contributed by atoms with Gasteiger partial charge in [0.1, 0.15) is 12.4 Å². The average Bonchev–Trinajstić information content (AvgIpc) is 3.40. The number of piperazine rings is 1. The van der Waals surface area contributed by atoms with E-state index in [0.717, 1.165) is 68.0 Å². The molecule has 0 radical (unpaired) electrons. The highest BCUT2D eigenvalue weighted by atomic mass is 35.5. The minimum Gasteiger partial charge on any atom is -0.462 e. The van der Waals surface area contributed by atoms with E-state index >= 15 is 0 Å². The number of aromatic nitrogens is 2. The zero-order valence-corrected chi connectivity index (χ0v) is 24.7. The van der Waals surface area contributed by atoms with Crippen molar-refractivity contribution < 1.29 is 9.53 Å². The number of rotatable bonds is 6. The van der Waals surface area contributed by atoms with Crippen LogP contribution in [0.2, 0.25) is 5.02 Å². The largest absolute Gasteiger partial charge is 0.462 e. The van der Waals surface area contributed by atoms with Gasteiger partial charge in [0.05, 0.1) is 24.2 Å². The highest BCUT2D eigenvalue weighted by molar-refractivity contribution is 6.31. The lowest BCUT2D eigenvalue weighted by Gasteiger charge is -2.45. The lowest BCUT2D eigenvalue weighted by molar-refractivity contribution is -0.128. The first kappa shape index (κ1) is 28.0. The van der Waals surface area contributed by atoms with Gasteiger partial charge in [-0.1, -0.05) is 30.3 Å². The quantitative estimate of drug-likeness (QED) is 0.470. The molecule has 2 saturated heterocycles. The second-order valence-corrected chi connectivity index (χ2v) is 12.5. The number of nitriles is 1. The Morgan fingerprint density at radius 2 is 2.07 bits per heavy atom. The molecule has 1 aromatic heterocycles. The van der Waals surface area contributed by atoms with Gasteiger partial charge in [-0.3, -0.25) is 4.79 Å². The first-order valence-electron chi connectivity index (χ1n) is 15.0. The smallest absolute Gasteiger partial charge is 0.318 e. The van der Waals surface area contributed by atoms with Crippen LogP contribution in [0.1, 0.15) is 60.9 Å². The fourth-order valence-corrected chi connectivity index (χ4v) is 7.85. The molecule has 0 N–H and O–H groups in total. The molecule has 1 amide bonds. The van der Waals surface area contributed by atoms with Gasteiger partial charge < -0.3 is 19.4 Å². The fourth-order valence-electron chi connectivity index (χ4n) is 7.58. The molecule has 1 spiro atoms. The monoisotopic (exact) mass is 574 g/mol. The van der Waals surface area contributed by atoms with Crippen LogP contribution >= 0.6 is 11.6 Å². The molecule has 41 heavy (non-hydrogen) atoms. The Morgan fingerprint density at radius 1 is 1.20 bits per heavy atom. The zero-order valence-electron chi connectivity index (χ0n) is 23.9. The molecule has 216 valence electrons. The molecular formula is C32H39ClN6O2. The summed E-state index contributed by atoms with van der Waals surface area (Å²) in [5.41, 5.74) is 4.92. The lowest BCUT2D eigenvalue weighted by Crippen LogP contribution is -2.55. The van der Waals surface area contributed by atoms with Gasteiger partial charge in [-0.25, -0.2) is 0 Å². The van der Waals surface area contributed by atoms with E-state index in [1.165, 1.54) is 29.2 Å². The van der Waals surface area contributed by atoms with Crippen molar-refractivity contribution in [2.75, 3.05) is 44.7 Å². The van der Waals surface area contributed by atoms with Crippen LogP contribution in [-0.2, 0) is 29.5 Å². The van der Waals surface area contributed by atoms with E-state index in [2.05, 4.69) is 41.6 Å². The maximum atomic E-state index is 12.5. The molecule has 2 aromatic rings. The molecule has 2 fully saturated rings. The number of amides is 1.